The van der Waals surface area contributed by atoms with Crippen molar-refractivity contribution in [2.45, 2.75) is 38.3 Å². The molecule has 1 aliphatic rings. The number of nitrogens with one attached hydrogen (secondary N) is 1. The van der Waals surface area contributed by atoms with E-state index in [1.807, 2.05) is 30.3 Å². The van der Waals surface area contributed by atoms with Crippen LogP contribution in [0.5, 0.6) is 0 Å². The smallest absolute Gasteiger partial charge is 0.410 e. The fraction of sp³-hybridized carbons (Fsp3) is 0.409. The lowest BCUT2D eigenvalue weighted by Gasteiger charge is -2.40. The number of benzene rings is 2. The van der Waals surface area contributed by atoms with Gasteiger partial charge in [-0.3, -0.25) is 0 Å². The van der Waals surface area contributed by atoms with E-state index < -0.39 is 28.2 Å². The minimum Gasteiger partial charge on any atom is -0.450 e. The van der Waals surface area contributed by atoms with Crippen molar-refractivity contribution >= 4 is 16.1 Å². The van der Waals surface area contributed by atoms with Gasteiger partial charge in [0.15, 0.2) is 0 Å². The number of rotatable bonds is 6. The molecule has 0 spiro atoms. The molecule has 1 fully saturated rings. The van der Waals surface area contributed by atoms with Crippen molar-refractivity contribution in [3.05, 3.63) is 59.9 Å². The summed E-state index contributed by atoms with van der Waals surface area (Å²) < 4.78 is 46.9. The number of carbonyl (C=O) groups excluding carboxylic acids is 1. The van der Waals surface area contributed by atoms with E-state index in [-0.39, 0.29) is 18.8 Å². The van der Waals surface area contributed by atoms with Crippen molar-refractivity contribution in [3.8, 4) is 11.1 Å². The molecule has 1 amide bonds. The Kier molecular flexibility index (Phi) is 7.10. The lowest BCUT2D eigenvalue weighted by Crippen LogP contribution is -2.57. The van der Waals surface area contributed by atoms with Crippen molar-refractivity contribution < 1.29 is 22.3 Å². The van der Waals surface area contributed by atoms with E-state index in [1.54, 1.807) is 25.1 Å². The summed E-state index contributed by atoms with van der Waals surface area (Å²) in [6, 6.07) is 13.3. The molecule has 1 aliphatic heterocycles. The van der Waals surface area contributed by atoms with Crippen molar-refractivity contribution in [1.82, 2.24) is 9.62 Å². The molecule has 0 saturated carbocycles. The second-order valence-corrected chi connectivity index (χ2v) is 9.23. The topological polar surface area (TPSA) is 75.7 Å². The highest BCUT2D eigenvalue weighted by molar-refractivity contribution is 7.88. The number of sulfonamides is 1. The van der Waals surface area contributed by atoms with Gasteiger partial charge in [0.25, 0.3) is 0 Å². The third-order valence-corrected chi connectivity index (χ3v) is 5.97. The molecule has 2 aromatic rings. The summed E-state index contributed by atoms with van der Waals surface area (Å²) in [6.45, 7) is 2.36. The van der Waals surface area contributed by atoms with Crippen LogP contribution < -0.4 is 4.72 Å². The lowest BCUT2D eigenvalue weighted by atomic mass is 9.90. The minimum absolute atomic E-state index is 0.179. The number of carbonyl (C=O) groups is 1. The second-order valence-electron chi connectivity index (χ2n) is 7.45. The number of hydrogen-bond acceptors (Lipinski definition) is 4. The molecule has 162 valence electrons. The summed E-state index contributed by atoms with van der Waals surface area (Å²) in [5.74, 6) is -0.365. The Bertz CT molecular complexity index is 982. The molecule has 2 aromatic carbocycles. The summed E-state index contributed by atoms with van der Waals surface area (Å²) in [6.07, 6.45) is 1.95. The van der Waals surface area contributed by atoms with Gasteiger partial charge in [-0.2, -0.15) is 0 Å². The van der Waals surface area contributed by atoms with Crippen LogP contribution in [0.1, 0.15) is 25.3 Å². The number of hydrogen-bond donors (Lipinski definition) is 1. The zero-order chi connectivity index (χ0) is 21.7. The number of amides is 1. The number of piperidine rings is 1. The zero-order valence-corrected chi connectivity index (χ0v) is 18.0. The summed E-state index contributed by atoms with van der Waals surface area (Å²) in [7, 11) is -3.49. The average molecular weight is 435 g/mol. The van der Waals surface area contributed by atoms with Gasteiger partial charge < -0.3 is 9.64 Å². The normalized spacial score (nSPS) is 19.5. The Hall–Kier alpha value is -2.45. The van der Waals surface area contributed by atoms with E-state index in [1.165, 1.54) is 4.90 Å². The van der Waals surface area contributed by atoms with E-state index >= 15 is 4.39 Å². The fourth-order valence-electron chi connectivity index (χ4n) is 3.96. The Morgan fingerprint density at radius 2 is 1.93 bits per heavy atom. The molecule has 0 radical (unpaired) electrons. The molecular weight excluding hydrogens is 407 g/mol. The SMILES string of the molecule is CCOC(=O)N1CCCC(NS(C)(=O)=O)C1Cc1cccc(-c2ccccc2)c1F. The Labute approximate surface area is 177 Å². The van der Waals surface area contributed by atoms with Crippen LogP contribution in [0, 0.1) is 5.82 Å². The van der Waals surface area contributed by atoms with Crippen LogP contribution in [0.15, 0.2) is 48.5 Å². The number of likely N-dealkylation sites (tertiary alicyclic amines) is 1. The first-order chi connectivity index (χ1) is 14.3. The van der Waals surface area contributed by atoms with Crippen molar-refractivity contribution in [2.24, 2.45) is 0 Å². The molecule has 2 unspecified atom stereocenters. The Balaban J connectivity index is 1.95. The van der Waals surface area contributed by atoms with Gasteiger partial charge in [0.2, 0.25) is 10.0 Å². The highest BCUT2D eigenvalue weighted by atomic mass is 32.2. The predicted molar refractivity (Wildman–Crippen MR) is 114 cm³/mol. The summed E-state index contributed by atoms with van der Waals surface area (Å²) in [5, 5.41) is 0. The largest absolute Gasteiger partial charge is 0.450 e. The Morgan fingerprint density at radius 1 is 1.20 bits per heavy atom. The fourth-order valence-corrected chi connectivity index (χ4v) is 4.78. The standard InChI is InChI=1S/C22H27FN2O4S/c1-3-29-22(26)25-14-8-13-19(24-30(2,27)28)20(25)15-17-11-7-12-18(21(17)23)16-9-5-4-6-10-16/h4-7,9-12,19-20,24H,3,8,13-15H2,1-2H3. The maximum Gasteiger partial charge on any atom is 0.410 e. The van der Waals surface area contributed by atoms with Crippen LogP contribution in [-0.4, -0.2) is 50.9 Å². The monoisotopic (exact) mass is 434 g/mol. The van der Waals surface area contributed by atoms with Gasteiger partial charge in [0, 0.05) is 18.2 Å². The van der Waals surface area contributed by atoms with Gasteiger partial charge in [0.05, 0.1) is 18.9 Å². The third-order valence-electron chi connectivity index (χ3n) is 5.24. The molecule has 2 atom stereocenters. The summed E-state index contributed by atoms with van der Waals surface area (Å²) >= 11 is 0. The highest BCUT2D eigenvalue weighted by Crippen LogP contribution is 2.28. The van der Waals surface area contributed by atoms with Gasteiger partial charge in [-0.15, -0.1) is 0 Å². The maximum absolute atomic E-state index is 15.4. The van der Waals surface area contributed by atoms with Crippen LogP contribution in [0.4, 0.5) is 9.18 Å². The molecule has 8 heteroatoms. The van der Waals surface area contributed by atoms with E-state index in [0.717, 1.165) is 11.8 Å². The molecule has 1 saturated heterocycles. The number of ether oxygens (including phenoxy) is 1. The van der Waals surface area contributed by atoms with Crippen molar-refractivity contribution in [1.29, 1.82) is 0 Å². The molecular formula is C22H27FN2O4S. The molecule has 30 heavy (non-hydrogen) atoms. The van der Waals surface area contributed by atoms with Crippen LogP contribution in [-0.2, 0) is 21.2 Å². The van der Waals surface area contributed by atoms with Gasteiger partial charge in [-0.05, 0) is 37.3 Å². The first kappa shape index (κ1) is 22.2. The molecule has 1 heterocycles. The van der Waals surface area contributed by atoms with Crippen molar-refractivity contribution in [2.75, 3.05) is 19.4 Å². The molecule has 0 aliphatic carbocycles. The first-order valence-corrected chi connectivity index (χ1v) is 11.9. The number of halogens is 1. The van der Waals surface area contributed by atoms with E-state index in [9.17, 15) is 13.2 Å². The van der Waals surface area contributed by atoms with Gasteiger partial charge >= 0.3 is 6.09 Å². The van der Waals surface area contributed by atoms with Gasteiger partial charge in [-0.25, -0.2) is 22.3 Å². The van der Waals surface area contributed by atoms with E-state index in [4.69, 9.17) is 4.74 Å². The maximum atomic E-state index is 15.4. The molecule has 1 N–H and O–H groups in total. The first-order valence-electron chi connectivity index (χ1n) is 10.0. The molecule has 6 nitrogen and oxygen atoms in total. The molecule has 3 rings (SSSR count). The summed E-state index contributed by atoms with van der Waals surface area (Å²) in [5.41, 5.74) is 1.66. The summed E-state index contributed by atoms with van der Waals surface area (Å²) in [4.78, 5) is 14.0. The average Bonchev–Trinajstić information content (AvgIpc) is 2.70. The Morgan fingerprint density at radius 3 is 2.60 bits per heavy atom. The highest BCUT2D eigenvalue weighted by Gasteiger charge is 2.37. The minimum atomic E-state index is -3.49. The van der Waals surface area contributed by atoms with E-state index in [2.05, 4.69) is 4.72 Å². The molecule has 0 aromatic heterocycles. The van der Waals surface area contributed by atoms with Crippen LogP contribution in [0.2, 0.25) is 0 Å². The van der Waals surface area contributed by atoms with Gasteiger partial charge in [-0.1, -0.05) is 48.5 Å². The second kappa shape index (κ2) is 9.57. The van der Waals surface area contributed by atoms with Gasteiger partial charge in [0.1, 0.15) is 5.82 Å². The zero-order valence-electron chi connectivity index (χ0n) is 17.2. The predicted octanol–water partition coefficient (Wildman–Crippen LogP) is 3.57. The third kappa shape index (κ3) is 5.37. The lowest BCUT2D eigenvalue weighted by molar-refractivity contribution is 0.0676. The van der Waals surface area contributed by atoms with E-state index in [0.29, 0.717) is 30.5 Å². The number of nitrogens with zero attached hydrogens (tertiary/aromatic N) is 1. The molecule has 0 bridgehead atoms. The quantitative estimate of drug-likeness (QED) is 0.754. The van der Waals surface area contributed by atoms with Crippen LogP contribution >= 0.6 is 0 Å². The van der Waals surface area contributed by atoms with Crippen molar-refractivity contribution in [3.63, 3.8) is 0 Å². The van der Waals surface area contributed by atoms with Crippen LogP contribution in [0.25, 0.3) is 11.1 Å². The van der Waals surface area contributed by atoms with Crippen LogP contribution in [0.3, 0.4) is 0 Å².